The number of hydrogen-bond donors (Lipinski definition) is 2. The molecule has 3 rings (SSSR count). The number of benzene rings is 1. The van der Waals surface area contributed by atoms with E-state index >= 15 is 0 Å². The molecule has 5 heteroatoms. The number of halogens is 1. The normalized spacial score (nSPS) is 17.9. The summed E-state index contributed by atoms with van der Waals surface area (Å²) >= 11 is 1.56. The summed E-state index contributed by atoms with van der Waals surface area (Å²) in [6.45, 7) is 2.99. The molecule has 1 unspecified atom stereocenters. The largest absolute Gasteiger partial charge is 0.351 e. The molecule has 1 aliphatic rings. The molecular formula is C15H19ClN2OS. The van der Waals surface area contributed by atoms with Gasteiger partial charge in [-0.1, -0.05) is 18.2 Å². The zero-order valence-electron chi connectivity index (χ0n) is 11.2. The Morgan fingerprint density at radius 2 is 2.25 bits per heavy atom. The molecule has 2 heterocycles. The maximum Gasteiger partial charge on any atom is 0.261 e. The van der Waals surface area contributed by atoms with Crippen LogP contribution in [0.5, 0.6) is 0 Å². The van der Waals surface area contributed by atoms with E-state index in [0.717, 1.165) is 42.2 Å². The fourth-order valence-corrected chi connectivity index (χ4v) is 3.51. The van der Waals surface area contributed by atoms with E-state index in [1.807, 2.05) is 24.3 Å². The van der Waals surface area contributed by atoms with Crippen LogP contribution in [0.2, 0.25) is 0 Å². The van der Waals surface area contributed by atoms with Crippen LogP contribution >= 0.6 is 23.7 Å². The Kier molecular flexibility index (Phi) is 5.40. The second kappa shape index (κ2) is 7.07. The average molecular weight is 311 g/mol. The summed E-state index contributed by atoms with van der Waals surface area (Å²) in [7, 11) is 0. The molecule has 2 aromatic rings. The summed E-state index contributed by atoms with van der Waals surface area (Å²) in [6, 6.07) is 10.1. The van der Waals surface area contributed by atoms with Crippen LogP contribution in [-0.2, 0) is 0 Å². The predicted octanol–water partition coefficient (Wildman–Crippen LogP) is 3.05. The first kappa shape index (κ1) is 15.3. The van der Waals surface area contributed by atoms with Gasteiger partial charge in [0.25, 0.3) is 5.91 Å². The minimum atomic E-state index is 0. The van der Waals surface area contributed by atoms with Crippen LogP contribution in [0.25, 0.3) is 10.1 Å². The smallest absolute Gasteiger partial charge is 0.261 e. The van der Waals surface area contributed by atoms with Gasteiger partial charge in [0, 0.05) is 11.2 Å². The predicted molar refractivity (Wildman–Crippen MR) is 87.0 cm³/mol. The highest BCUT2D eigenvalue weighted by molar-refractivity contribution is 7.20. The van der Waals surface area contributed by atoms with E-state index < -0.39 is 0 Å². The van der Waals surface area contributed by atoms with Crippen molar-refractivity contribution in [2.75, 3.05) is 19.6 Å². The van der Waals surface area contributed by atoms with Crippen LogP contribution in [0, 0.1) is 5.92 Å². The minimum absolute atomic E-state index is 0. The molecule has 0 saturated carbocycles. The van der Waals surface area contributed by atoms with Crippen molar-refractivity contribution in [2.45, 2.75) is 12.8 Å². The number of fused-ring (bicyclic) bond motifs is 1. The molecule has 1 aliphatic heterocycles. The molecule has 1 amide bonds. The number of carbonyl (C=O) groups is 1. The van der Waals surface area contributed by atoms with Crippen molar-refractivity contribution in [2.24, 2.45) is 5.92 Å². The van der Waals surface area contributed by atoms with Gasteiger partial charge in [-0.25, -0.2) is 0 Å². The summed E-state index contributed by atoms with van der Waals surface area (Å²) in [4.78, 5) is 12.9. The fraction of sp³-hybridized carbons (Fsp3) is 0.400. The van der Waals surface area contributed by atoms with Crippen molar-refractivity contribution in [1.29, 1.82) is 0 Å². The van der Waals surface area contributed by atoms with Crippen LogP contribution in [0.1, 0.15) is 22.5 Å². The lowest BCUT2D eigenvalue weighted by atomic mass is 10.1. The molecule has 3 nitrogen and oxygen atoms in total. The van der Waals surface area contributed by atoms with Gasteiger partial charge in [-0.2, -0.15) is 0 Å². The maximum absolute atomic E-state index is 12.1. The van der Waals surface area contributed by atoms with Gasteiger partial charge in [0.2, 0.25) is 0 Å². The van der Waals surface area contributed by atoms with Crippen molar-refractivity contribution < 1.29 is 4.79 Å². The number of hydrogen-bond acceptors (Lipinski definition) is 3. The number of amides is 1. The Hall–Kier alpha value is -1.10. The van der Waals surface area contributed by atoms with Crippen LogP contribution < -0.4 is 10.6 Å². The van der Waals surface area contributed by atoms with Crippen LogP contribution in [0.4, 0.5) is 0 Å². The standard InChI is InChI=1S/C15H18N2OS.ClH/c18-15(17-8-6-11-5-7-16-10-11)14-9-12-3-1-2-4-13(12)19-14;/h1-4,9,11,16H,5-8,10H2,(H,17,18);1H. The van der Waals surface area contributed by atoms with Gasteiger partial charge in [-0.15, -0.1) is 23.7 Å². The molecule has 2 N–H and O–H groups in total. The van der Waals surface area contributed by atoms with E-state index in [4.69, 9.17) is 0 Å². The van der Waals surface area contributed by atoms with Crippen LogP contribution in [-0.4, -0.2) is 25.5 Å². The lowest BCUT2D eigenvalue weighted by Gasteiger charge is -2.08. The van der Waals surface area contributed by atoms with Crippen LogP contribution in [0.3, 0.4) is 0 Å². The summed E-state index contributed by atoms with van der Waals surface area (Å²) in [6.07, 6.45) is 2.31. The SMILES string of the molecule is Cl.O=C(NCCC1CCNC1)c1cc2ccccc2s1. The number of rotatable bonds is 4. The molecular weight excluding hydrogens is 292 g/mol. The van der Waals surface area contributed by atoms with Crippen molar-refractivity contribution in [3.63, 3.8) is 0 Å². The van der Waals surface area contributed by atoms with E-state index in [2.05, 4.69) is 16.7 Å². The third-order valence-electron chi connectivity index (χ3n) is 3.65. The van der Waals surface area contributed by atoms with E-state index in [0.29, 0.717) is 0 Å². The lowest BCUT2D eigenvalue weighted by Crippen LogP contribution is -2.25. The van der Waals surface area contributed by atoms with E-state index in [-0.39, 0.29) is 18.3 Å². The minimum Gasteiger partial charge on any atom is -0.351 e. The fourth-order valence-electron chi connectivity index (χ4n) is 2.53. The average Bonchev–Trinajstić information content (AvgIpc) is 3.07. The Balaban J connectivity index is 0.00000147. The van der Waals surface area contributed by atoms with Crippen LogP contribution in [0.15, 0.2) is 30.3 Å². The second-order valence-corrected chi connectivity index (χ2v) is 6.14. The molecule has 0 aliphatic carbocycles. The molecule has 1 saturated heterocycles. The molecule has 0 spiro atoms. The molecule has 1 atom stereocenters. The van der Waals surface area contributed by atoms with Crippen molar-refractivity contribution in [1.82, 2.24) is 10.6 Å². The van der Waals surface area contributed by atoms with E-state index in [1.165, 1.54) is 11.1 Å². The Bertz CT molecular complexity index is 545. The summed E-state index contributed by atoms with van der Waals surface area (Å²) < 4.78 is 1.17. The van der Waals surface area contributed by atoms with Gasteiger partial charge >= 0.3 is 0 Å². The summed E-state index contributed by atoms with van der Waals surface area (Å²) in [5, 5.41) is 7.53. The van der Waals surface area contributed by atoms with Gasteiger partial charge in [-0.3, -0.25) is 4.79 Å². The lowest BCUT2D eigenvalue weighted by molar-refractivity contribution is 0.0956. The highest BCUT2D eigenvalue weighted by Crippen LogP contribution is 2.25. The molecule has 1 fully saturated rings. The first-order valence-corrected chi connectivity index (χ1v) is 7.62. The van der Waals surface area contributed by atoms with Gasteiger partial charge in [0.1, 0.15) is 0 Å². The monoisotopic (exact) mass is 310 g/mol. The molecule has 1 aromatic heterocycles. The van der Waals surface area contributed by atoms with Crippen molar-refractivity contribution in [3.8, 4) is 0 Å². The van der Waals surface area contributed by atoms with Crippen molar-refractivity contribution in [3.05, 3.63) is 35.2 Å². The van der Waals surface area contributed by atoms with Crippen molar-refractivity contribution >= 4 is 39.7 Å². The Morgan fingerprint density at radius 1 is 1.40 bits per heavy atom. The summed E-state index contributed by atoms with van der Waals surface area (Å²) in [5.74, 6) is 0.787. The molecule has 1 aromatic carbocycles. The van der Waals surface area contributed by atoms with E-state index in [9.17, 15) is 4.79 Å². The first-order valence-electron chi connectivity index (χ1n) is 6.80. The van der Waals surface area contributed by atoms with Gasteiger partial charge < -0.3 is 10.6 Å². The summed E-state index contributed by atoms with van der Waals surface area (Å²) in [5.41, 5.74) is 0. The third kappa shape index (κ3) is 3.51. The zero-order valence-corrected chi connectivity index (χ0v) is 12.9. The topological polar surface area (TPSA) is 41.1 Å². The highest BCUT2D eigenvalue weighted by Gasteiger charge is 2.15. The zero-order chi connectivity index (χ0) is 13.1. The van der Waals surface area contributed by atoms with Gasteiger partial charge in [0.15, 0.2) is 0 Å². The third-order valence-corrected chi connectivity index (χ3v) is 4.76. The Labute approximate surface area is 129 Å². The molecule has 0 bridgehead atoms. The maximum atomic E-state index is 12.1. The van der Waals surface area contributed by atoms with E-state index in [1.54, 1.807) is 11.3 Å². The Morgan fingerprint density at radius 3 is 3.00 bits per heavy atom. The quantitative estimate of drug-likeness (QED) is 0.911. The van der Waals surface area contributed by atoms with Gasteiger partial charge in [-0.05, 0) is 49.4 Å². The first-order chi connectivity index (χ1) is 9.33. The highest BCUT2D eigenvalue weighted by atomic mass is 35.5. The molecule has 0 radical (unpaired) electrons. The number of thiophene rings is 1. The number of carbonyl (C=O) groups excluding carboxylic acids is 1. The molecule has 108 valence electrons. The van der Waals surface area contributed by atoms with Gasteiger partial charge in [0.05, 0.1) is 4.88 Å². The molecule has 20 heavy (non-hydrogen) atoms. The second-order valence-electron chi connectivity index (χ2n) is 5.05. The number of nitrogens with one attached hydrogen (secondary N) is 2.